The lowest BCUT2D eigenvalue weighted by Crippen LogP contribution is -2.18. The molecule has 0 heterocycles. The zero-order valence-electron chi connectivity index (χ0n) is 7.79. The Morgan fingerprint density at radius 3 is 2.33 bits per heavy atom. The van der Waals surface area contributed by atoms with E-state index in [4.69, 9.17) is 0 Å². The minimum absolute atomic E-state index is 0.124. The van der Waals surface area contributed by atoms with Crippen molar-refractivity contribution in [3.8, 4) is 0 Å². The van der Waals surface area contributed by atoms with E-state index >= 15 is 0 Å². The number of carbonyl (C=O) groups is 1. The molecule has 5 heteroatoms. The van der Waals surface area contributed by atoms with Crippen molar-refractivity contribution in [2.45, 2.75) is 27.2 Å². The predicted octanol–water partition coefficient (Wildman–Crippen LogP) is 2.48. The molecular weight excluding hydrogens is 193 g/mol. The summed E-state index contributed by atoms with van der Waals surface area (Å²) in [4.78, 5) is 11.0. The molecule has 1 unspecified atom stereocenters. The lowest BCUT2D eigenvalue weighted by atomic mass is 10.5. The van der Waals surface area contributed by atoms with Gasteiger partial charge in [0.25, 0.3) is 0 Å². The van der Waals surface area contributed by atoms with Crippen LogP contribution in [0.3, 0.4) is 0 Å². The van der Waals surface area contributed by atoms with Crippen LogP contribution in [0.5, 0.6) is 0 Å². The van der Waals surface area contributed by atoms with Gasteiger partial charge in [-0.15, -0.1) is 0 Å². The van der Waals surface area contributed by atoms with E-state index in [0.29, 0.717) is 12.6 Å². The number of amides is 1. The Labute approximate surface area is 77.9 Å². The van der Waals surface area contributed by atoms with Crippen LogP contribution in [-0.2, 0) is 9.36 Å². The molecule has 0 spiro atoms. The summed E-state index contributed by atoms with van der Waals surface area (Å²) in [5.74, 6) is 0.649. The maximum Gasteiger partial charge on any atom is 0.225 e. The van der Waals surface area contributed by atoms with Crippen LogP contribution in [0.2, 0.25) is 0 Å². The van der Waals surface area contributed by atoms with Crippen LogP contribution in [0.1, 0.15) is 27.2 Å². The van der Waals surface area contributed by atoms with Gasteiger partial charge in [0.1, 0.15) is 0 Å². The van der Waals surface area contributed by atoms with Crippen LogP contribution < -0.4 is 5.09 Å². The van der Waals surface area contributed by atoms with E-state index in [2.05, 4.69) is 5.09 Å². The molecule has 12 heavy (non-hydrogen) atoms. The van der Waals surface area contributed by atoms with Gasteiger partial charge in [-0.1, -0.05) is 32.2 Å². The molecule has 0 saturated heterocycles. The highest BCUT2D eigenvalue weighted by Gasteiger charge is 2.20. The molecule has 0 aromatic heterocycles. The molecule has 1 atom stereocenters. The first kappa shape index (κ1) is 12.0. The topological polar surface area (TPSA) is 46.2 Å². The van der Waals surface area contributed by atoms with E-state index in [-0.39, 0.29) is 5.91 Å². The normalized spacial score (nSPS) is 15.2. The maximum absolute atomic E-state index is 11.8. The Balaban J connectivity index is 4.14. The SMILES string of the molecule is CCSP(=O)(CC)NC(=O)CC. The second-order valence-electron chi connectivity index (χ2n) is 2.30. The number of nitrogens with one attached hydrogen (secondary N) is 1. The van der Waals surface area contributed by atoms with Gasteiger partial charge in [0.2, 0.25) is 12.4 Å². The average molecular weight is 209 g/mol. The molecule has 0 saturated carbocycles. The summed E-state index contributed by atoms with van der Waals surface area (Å²) >= 11 is 1.35. The van der Waals surface area contributed by atoms with Crippen LogP contribution in [0.15, 0.2) is 0 Å². The maximum atomic E-state index is 11.8. The molecule has 0 aliphatic rings. The second-order valence-corrected chi connectivity index (χ2v) is 7.88. The summed E-state index contributed by atoms with van der Waals surface area (Å²) in [5.41, 5.74) is 0. The van der Waals surface area contributed by atoms with E-state index in [0.717, 1.165) is 5.75 Å². The van der Waals surface area contributed by atoms with Gasteiger partial charge in [-0.05, 0) is 5.75 Å². The quantitative estimate of drug-likeness (QED) is 0.707. The minimum Gasteiger partial charge on any atom is -0.299 e. The Kier molecular flexibility index (Phi) is 5.68. The van der Waals surface area contributed by atoms with Crippen LogP contribution >= 0.6 is 17.9 Å². The summed E-state index contributed by atoms with van der Waals surface area (Å²) in [5, 5.41) is 2.57. The zero-order chi connectivity index (χ0) is 9.61. The highest BCUT2D eigenvalue weighted by Crippen LogP contribution is 2.54. The molecule has 1 N–H and O–H groups in total. The third-order valence-corrected chi connectivity index (χ3v) is 6.54. The third-order valence-electron chi connectivity index (χ3n) is 1.37. The molecule has 0 aliphatic carbocycles. The average Bonchev–Trinajstić information content (AvgIpc) is 2.05. The Morgan fingerprint density at radius 2 is 2.00 bits per heavy atom. The van der Waals surface area contributed by atoms with Gasteiger partial charge in [0, 0.05) is 12.6 Å². The minimum atomic E-state index is -2.46. The standard InChI is InChI=1S/C7H16NO2PS/c1-4-7(9)8-11(10,5-2)12-6-3/h4-6H2,1-3H3,(H,8,9,10). The molecule has 0 aromatic carbocycles. The third kappa shape index (κ3) is 4.17. The first-order valence-electron chi connectivity index (χ1n) is 4.12. The van der Waals surface area contributed by atoms with Crippen molar-refractivity contribution in [1.82, 2.24) is 5.09 Å². The Morgan fingerprint density at radius 1 is 1.42 bits per heavy atom. The number of hydrogen-bond acceptors (Lipinski definition) is 3. The fourth-order valence-electron chi connectivity index (χ4n) is 0.680. The molecule has 0 radical (unpaired) electrons. The second kappa shape index (κ2) is 5.65. The molecule has 0 rings (SSSR count). The smallest absolute Gasteiger partial charge is 0.225 e. The van der Waals surface area contributed by atoms with Crippen molar-refractivity contribution in [3.63, 3.8) is 0 Å². The van der Waals surface area contributed by atoms with Gasteiger partial charge in [-0.2, -0.15) is 0 Å². The van der Waals surface area contributed by atoms with Gasteiger partial charge < -0.3 is 0 Å². The summed E-state index contributed by atoms with van der Waals surface area (Å²) in [7, 11) is 0. The van der Waals surface area contributed by atoms with E-state index in [9.17, 15) is 9.36 Å². The van der Waals surface area contributed by atoms with Gasteiger partial charge in [-0.3, -0.25) is 14.4 Å². The predicted molar refractivity (Wildman–Crippen MR) is 54.7 cm³/mol. The molecular formula is C7H16NO2PS. The summed E-state index contributed by atoms with van der Waals surface area (Å²) in [6.07, 6.45) is 0.922. The van der Waals surface area contributed by atoms with Gasteiger partial charge >= 0.3 is 0 Å². The Hall–Kier alpha value is 0.0500. The monoisotopic (exact) mass is 209 g/mol. The van der Waals surface area contributed by atoms with Crippen molar-refractivity contribution in [3.05, 3.63) is 0 Å². The molecule has 1 amide bonds. The largest absolute Gasteiger partial charge is 0.299 e. The fraction of sp³-hybridized carbons (Fsp3) is 0.857. The van der Waals surface area contributed by atoms with Crippen molar-refractivity contribution >= 4 is 23.8 Å². The van der Waals surface area contributed by atoms with Crippen molar-refractivity contribution in [2.75, 3.05) is 11.9 Å². The summed E-state index contributed by atoms with van der Waals surface area (Å²) in [6.45, 7) is 3.07. The first-order chi connectivity index (χ1) is 5.58. The lowest BCUT2D eigenvalue weighted by molar-refractivity contribution is -0.119. The van der Waals surface area contributed by atoms with Crippen LogP contribution in [-0.4, -0.2) is 17.8 Å². The molecule has 0 fully saturated rings. The van der Waals surface area contributed by atoms with E-state index in [1.165, 1.54) is 11.4 Å². The van der Waals surface area contributed by atoms with Crippen molar-refractivity contribution in [1.29, 1.82) is 0 Å². The summed E-state index contributed by atoms with van der Waals surface area (Å²) < 4.78 is 11.8. The molecule has 0 aliphatic heterocycles. The number of rotatable bonds is 5. The molecule has 0 aromatic rings. The van der Waals surface area contributed by atoms with Crippen LogP contribution in [0.4, 0.5) is 0 Å². The zero-order valence-corrected chi connectivity index (χ0v) is 9.50. The fourth-order valence-corrected chi connectivity index (χ4v) is 4.34. The van der Waals surface area contributed by atoms with Crippen molar-refractivity contribution < 1.29 is 9.36 Å². The van der Waals surface area contributed by atoms with Crippen LogP contribution in [0, 0.1) is 0 Å². The number of carbonyl (C=O) groups excluding carboxylic acids is 1. The van der Waals surface area contributed by atoms with Crippen molar-refractivity contribution in [2.24, 2.45) is 0 Å². The van der Waals surface area contributed by atoms with E-state index in [1.807, 2.05) is 13.8 Å². The van der Waals surface area contributed by atoms with Gasteiger partial charge in [0.15, 0.2) is 0 Å². The van der Waals surface area contributed by atoms with Crippen LogP contribution in [0.25, 0.3) is 0 Å². The Bertz CT molecular complexity index is 196. The van der Waals surface area contributed by atoms with E-state index in [1.54, 1.807) is 6.92 Å². The van der Waals surface area contributed by atoms with Gasteiger partial charge in [-0.25, -0.2) is 0 Å². The molecule has 0 bridgehead atoms. The van der Waals surface area contributed by atoms with E-state index < -0.39 is 6.49 Å². The molecule has 3 nitrogen and oxygen atoms in total. The highest BCUT2D eigenvalue weighted by molar-refractivity contribution is 8.57. The summed E-state index contributed by atoms with van der Waals surface area (Å²) in [6, 6.07) is 0. The number of hydrogen-bond donors (Lipinski definition) is 1. The lowest BCUT2D eigenvalue weighted by Gasteiger charge is -2.15. The first-order valence-corrected chi connectivity index (χ1v) is 7.61. The molecule has 72 valence electrons. The van der Waals surface area contributed by atoms with Gasteiger partial charge in [0.05, 0.1) is 0 Å². The highest BCUT2D eigenvalue weighted by atomic mass is 32.7.